The van der Waals surface area contributed by atoms with Crippen molar-refractivity contribution in [1.29, 1.82) is 0 Å². The van der Waals surface area contributed by atoms with Gasteiger partial charge in [-0.1, -0.05) is 18.2 Å². The minimum Gasteiger partial charge on any atom is -0.390 e. The molecule has 1 amide bonds. The van der Waals surface area contributed by atoms with Crippen molar-refractivity contribution in [3.8, 4) is 0 Å². The minimum absolute atomic E-state index is 0.00907. The molecule has 3 heterocycles. The molecule has 2 aromatic rings. The van der Waals surface area contributed by atoms with Gasteiger partial charge in [0.05, 0.1) is 23.0 Å². The van der Waals surface area contributed by atoms with Crippen LogP contribution < -0.4 is 10.3 Å². The quantitative estimate of drug-likeness (QED) is 0.607. The lowest BCUT2D eigenvalue weighted by molar-refractivity contribution is -0.141. The van der Waals surface area contributed by atoms with E-state index in [1.165, 1.54) is 6.20 Å². The minimum atomic E-state index is -0.780. The lowest BCUT2D eigenvalue weighted by Gasteiger charge is -2.42. The standard InChI is InChI=1S/C27H34FN5O2/c28-25-24(7-4-15-29-25)31-21-10-8-20(9-11-21)26(34)32-17-13-27(35,14-18-32)19-23-12-16-30-33(23)22-5-2-1-3-6-22/h1-7,15-16,20-21,23,31,35H,8-14,17-19H2/t20-,21+,23?. The summed E-state index contributed by atoms with van der Waals surface area (Å²) in [5, 5.41) is 21.1. The van der Waals surface area contributed by atoms with Crippen molar-refractivity contribution in [3.63, 3.8) is 0 Å². The predicted molar refractivity (Wildman–Crippen MR) is 135 cm³/mol. The van der Waals surface area contributed by atoms with E-state index in [1.54, 1.807) is 12.1 Å². The van der Waals surface area contributed by atoms with Crippen molar-refractivity contribution in [3.05, 3.63) is 54.6 Å². The third kappa shape index (κ3) is 5.48. The van der Waals surface area contributed by atoms with Crippen molar-refractivity contribution < 1.29 is 14.3 Å². The first-order valence-electron chi connectivity index (χ1n) is 12.8. The number of benzene rings is 1. The number of piperidine rings is 1. The van der Waals surface area contributed by atoms with Crippen molar-refractivity contribution >= 4 is 23.5 Å². The van der Waals surface area contributed by atoms with Crippen LogP contribution in [0.25, 0.3) is 0 Å². The molecular weight excluding hydrogens is 445 g/mol. The highest BCUT2D eigenvalue weighted by Crippen LogP contribution is 2.35. The van der Waals surface area contributed by atoms with E-state index in [1.807, 2.05) is 46.5 Å². The lowest BCUT2D eigenvalue weighted by atomic mass is 9.82. The summed E-state index contributed by atoms with van der Waals surface area (Å²) in [5.41, 5.74) is 0.687. The SMILES string of the molecule is O=C([C@H]1CC[C@@H](Nc2cccnc2F)CC1)N1CCC(O)(CC2CC=NN2c2ccccc2)CC1. The van der Waals surface area contributed by atoms with Gasteiger partial charge in [-0.25, -0.2) is 4.98 Å². The molecule has 0 spiro atoms. The van der Waals surface area contributed by atoms with E-state index < -0.39 is 11.5 Å². The predicted octanol–water partition coefficient (Wildman–Crippen LogP) is 4.20. The molecule has 186 valence electrons. The van der Waals surface area contributed by atoms with Gasteiger partial charge in [-0.15, -0.1) is 0 Å². The van der Waals surface area contributed by atoms with Crippen LogP contribution in [-0.2, 0) is 4.79 Å². The van der Waals surface area contributed by atoms with Crippen LogP contribution in [0.1, 0.15) is 51.4 Å². The van der Waals surface area contributed by atoms with Gasteiger partial charge in [-0.2, -0.15) is 9.49 Å². The molecule has 1 aromatic heterocycles. The van der Waals surface area contributed by atoms with Gasteiger partial charge in [0, 0.05) is 43.9 Å². The second-order valence-electron chi connectivity index (χ2n) is 10.2. The third-order valence-electron chi connectivity index (χ3n) is 7.77. The van der Waals surface area contributed by atoms with E-state index >= 15 is 0 Å². The monoisotopic (exact) mass is 479 g/mol. The molecule has 2 N–H and O–H groups in total. The summed E-state index contributed by atoms with van der Waals surface area (Å²) in [6.07, 6.45) is 9.27. The number of amides is 1. The average Bonchev–Trinajstić information content (AvgIpc) is 3.34. The van der Waals surface area contributed by atoms with Crippen LogP contribution in [0.15, 0.2) is 53.8 Å². The number of carbonyl (C=O) groups excluding carboxylic acids is 1. The van der Waals surface area contributed by atoms with Gasteiger partial charge in [-0.05, 0) is 69.2 Å². The number of aromatic nitrogens is 1. The van der Waals surface area contributed by atoms with Gasteiger partial charge < -0.3 is 15.3 Å². The fourth-order valence-electron chi connectivity index (χ4n) is 5.72. The first kappa shape index (κ1) is 23.7. The van der Waals surface area contributed by atoms with Crippen LogP contribution in [0.4, 0.5) is 15.8 Å². The molecule has 3 aliphatic rings. The highest BCUT2D eigenvalue weighted by atomic mass is 19.1. The van der Waals surface area contributed by atoms with Gasteiger partial charge >= 0.3 is 0 Å². The van der Waals surface area contributed by atoms with Gasteiger partial charge in [-0.3, -0.25) is 9.80 Å². The number of halogens is 1. The first-order chi connectivity index (χ1) is 17.0. The lowest BCUT2D eigenvalue weighted by Crippen LogP contribution is -2.51. The smallest absolute Gasteiger partial charge is 0.236 e. The Morgan fingerprint density at radius 3 is 2.54 bits per heavy atom. The van der Waals surface area contributed by atoms with E-state index in [0.29, 0.717) is 38.0 Å². The molecule has 0 radical (unpaired) electrons. The van der Waals surface area contributed by atoms with Crippen molar-refractivity contribution in [2.45, 2.75) is 69.1 Å². The summed E-state index contributed by atoms with van der Waals surface area (Å²) in [7, 11) is 0. The Balaban J connectivity index is 1.09. The number of rotatable bonds is 6. The number of carbonyl (C=O) groups is 1. The van der Waals surface area contributed by atoms with E-state index in [4.69, 9.17) is 0 Å². The van der Waals surface area contributed by atoms with E-state index in [9.17, 15) is 14.3 Å². The van der Waals surface area contributed by atoms with Crippen molar-refractivity contribution in [2.75, 3.05) is 23.4 Å². The molecule has 1 saturated heterocycles. The number of nitrogens with one attached hydrogen (secondary N) is 1. The van der Waals surface area contributed by atoms with E-state index in [0.717, 1.165) is 37.8 Å². The average molecular weight is 480 g/mol. The normalized spacial score (nSPS) is 26.1. The Morgan fingerprint density at radius 1 is 1.09 bits per heavy atom. The van der Waals surface area contributed by atoms with Crippen LogP contribution in [0.3, 0.4) is 0 Å². The molecule has 1 aromatic carbocycles. The highest BCUT2D eigenvalue weighted by Gasteiger charge is 2.40. The fourth-order valence-corrected chi connectivity index (χ4v) is 5.72. The Kier molecular flexibility index (Phi) is 7.00. The summed E-state index contributed by atoms with van der Waals surface area (Å²) < 4.78 is 13.8. The number of anilines is 2. The zero-order valence-corrected chi connectivity index (χ0v) is 20.0. The number of para-hydroxylation sites is 1. The van der Waals surface area contributed by atoms with Crippen molar-refractivity contribution in [2.24, 2.45) is 11.0 Å². The van der Waals surface area contributed by atoms with Gasteiger partial charge in [0.15, 0.2) is 0 Å². The zero-order valence-electron chi connectivity index (χ0n) is 20.0. The Labute approximate surface area is 206 Å². The number of pyridine rings is 1. The summed E-state index contributed by atoms with van der Waals surface area (Å²) in [4.78, 5) is 18.8. The summed E-state index contributed by atoms with van der Waals surface area (Å²) in [5.74, 6) is -0.273. The maximum absolute atomic E-state index is 13.8. The van der Waals surface area contributed by atoms with Gasteiger partial charge in [0.2, 0.25) is 11.9 Å². The number of hydrogen-bond acceptors (Lipinski definition) is 6. The summed E-state index contributed by atoms with van der Waals surface area (Å²) in [6.45, 7) is 1.18. The highest BCUT2D eigenvalue weighted by molar-refractivity contribution is 5.79. The Bertz CT molecular complexity index is 1030. The summed E-state index contributed by atoms with van der Waals surface area (Å²) >= 11 is 0. The first-order valence-corrected chi connectivity index (χ1v) is 12.8. The second-order valence-corrected chi connectivity index (χ2v) is 10.2. The van der Waals surface area contributed by atoms with Crippen molar-refractivity contribution in [1.82, 2.24) is 9.88 Å². The topological polar surface area (TPSA) is 81.1 Å². The summed E-state index contributed by atoms with van der Waals surface area (Å²) in [6, 6.07) is 13.8. The molecule has 1 atom stereocenters. The molecular formula is C27H34FN5O2. The largest absolute Gasteiger partial charge is 0.390 e. The molecule has 2 fully saturated rings. The number of hydrazone groups is 1. The Hall–Kier alpha value is -3.00. The molecule has 1 saturated carbocycles. The molecule has 8 heteroatoms. The molecule has 7 nitrogen and oxygen atoms in total. The van der Waals surface area contributed by atoms with Crippen LogP contribution >= 0.6 is 0 Å². The molecule has 35 heavy (non-hydrogen) atoms. The fraction of sp³-hybridized carbons (Fsp3) is 0.519. The van der Waals surface area contributed by atoms with E-state index in [2.05, 4.69) is 15.4 Å². The number of aliphatic hydroxyl groups is 1. The molecule has 2 aliphatic heterocycles. The molecule has 0 bridgehead atoms. The van der Waals surface area contributed by atoms with Gasteiger partial charge in [0.25, 0.3) is 0 Å². The molecule has 1 unspecified atom stereocenters. The van der Waals surface area contributed by atoms with E-state index in [-0.39, 0.29) is 23.9 Å². The maximum Gasteiger partial charge on any atom is 0.236 e. The Morgan fingerprint density at radius 2 is 1.83 bits per heavy atom. The zero-order chi connectivity index (χ0) is 24.3. The third-order valence-corrected chi connectivity index (χ3v) is 7.77. The second kappa shape index (κ2) is 10.3. The maximum atomic E-state index is 13.8. The molecule has 1 aliphatic carbocycles. The van der Waals surface area contributed by atoms with Crippen LogP contribution in [0, 0.1) is 11.9 Å². The van der Waals surface area contributed by atoms with Crippen LogP contribution in [0.5, 0.6) is 0 Å². The number of likely N-dealkylation sites (tertiary alicyclic amines) is 1. The van der Waals surface area contributed by atoms with Crippen LogP contribution in [0.2, 0.25) is 0 Å². The molecule has 5 rings (SSSR count). The number of nitrogens with zero attached hydrogens (tertiary/aromatic N) is 4. The van der Waals surface area contributed by atoms with Gasteiger partial charge in [0.1, 0.15) is 0 Å². The van der Waals surface area contributed by atoms with Crippen LogP contribution in [-0.4, -0.2) is 57.9 Å². The number of hydrogen-bond donors (Lipinski definition) is 2.